The molecule has 5 heteroatoms. The van der Waals surface area contributed by atoms with Crippen molar-refractivity contribution in [3.05, 3.63) is 168 Å². The van der Waals surface area contributed by atoms with Gasteiger partial charge in [-0.1, -0.05) is 135 Å². The Bertz CT molecular complexity index is 2830. The fraction of sp³-hybridized carbons (Fsp3) is 0.241. The largest absolute Gasteiger partial charge is 0.457 e. The Hall–Kier alpha value is -6.33. The van der Waals surface area contributed by atoms with Gasteiger partial charge in [0.15, 0.2) is 0 Å². The molecule has 0 aliphatic carbocycles. The zero-order valence-electron chi connectivity index (χ0n) is 35.8. The van der Waals surface area contributed by atoms with Gasteiger partial charge in [0.25, 0.3) is 0 Å². The summed E-state index contributed by atoms with van der Waals surface area (Å²) in [7, 11) is 0. The lowest BCUT2D eigenvalue weighted by molar-refractivity contribution is 0.483. The van der Waals surface area contributed by atoms with Crippen LogP contribution in [0.4, 0.5) is 22.7 Å². The van der Waals surface area contributed by atoms with Crippen LogP contribution in [0.5, 0.6) is 11.5 Å². The quantitative estimate of drug-likeness (QED) is 0.168. The third-order valence-electron chi connectivity index (χ3n) is 11.8. The maximum atomic E-state index is 6.74. The van der Waals surface area contributed by atoms with E-state index in [-0.39, 0.29) is 16.2 Å². The number of aromatic nitrogens is 2. The van der Waals surface area contributed by atoms with Gasteiger partial charge in [-0.05, 0) is 105 Å². The molecule has 0 spiro atoms. The van der Waals surface area contributed by atoms with Gasteiger partial charge in [-0.3, -0.25) is 4.57 Å². The second-order valence-electron chi connectivity index (χ2n) is 19.1. The van der Waals surface area contributed by atoms with E-state index in [9.17, 15) is 0 Å². The van der Waals surface area contributed by atoms with E-state index in [0.717, 1.165) is 39.4 Å². The normalized spacial score (nSPS) is 13.4. The first-order valence-electron chi connectivity index (χ1n) is 20.8. The number of anilines is 4. The lowest BCUT2D eigenvalue weighted by Gasteiger charge is -2.24. The van der Waals surface area contributed by atoms with Crippen molar-refractivity contribution in [2.24, 2.45) is 0 Å². The Balaban J connectivity index is 1.08. The summed E-state index contributed by atoms with van der Waals surface area (Å²) in [5.41, 5.74) is 13.1. The summed E-state index contributed by atoms with van der Waals surface area (Å²) in [4.78, 5) is 9.92. The molecule has 5 nitrogen and oxygen atoms in total. The molecule has 0 saturated heterocycles. The van der Waals surface area contributed by atoms with Crippen molar-refractivity contribution in [2.75, 3.05) is 16.5 Å². The molecule has 296 valence electrons. The summed E-state index contributed by atoms with van der Waals surface area (Å²) in [5.74, 6) is 2.43. The summed E-state index contributed by atoms with van der Waals surface area (Å²) in [5, 5.41) is 2.34. The van der Waals surface area contributed by atoms with E-state index in [1.165, 1.54) is 50.3 Å². The highest BCUT2D eigenvalue weighted by Gasteiger charge is 2.29. The maximum absolute atomic E-state index is 6.74. The summed E-state index contributed by atoms with van der Waals surface area (Å²) in [6, 6.07) is 52.4. The molecule has 6 aromatic carbocycles. The molecular weight excluding hydrogens is 721 g/mol. The van der Waals surface area contributed by atoms with E-state index in [0.29, 0.717) is 6.67 Å². The molecule has 0 saturated carbocycles. The molecule has 0 amide bonds. The zero-order valence-corrected chi connectivity index (χ0v) is 35.8. The van der Waals surface area contributed by atoms with Gasteiger partial charge in [0.2, 0.25) is 0 Å². The molecule has 1 aliphatic rings. The van der Waals surface area contributed by atoms with Crippen LogP contribution in [0.3, 0.4) is 0 Å². The molecule has 1 aliphatic heterocycles. The highest BCUT2D eigenvalue weighted by atomic mass is 16.5. The van der Waals surface area contributed by atoms with E-state index in [2.05, 4.69) is 222 Å². The second-order valence-corrected chi connectivity index (χ2v) is 19.1. The van der Waals surface area contributed by atoms with E-state index in [4.69, 9.17) is 9.72 Å². The zero-order chi connectivity index (χ0) is 41.3. The van der Waals surface area contributed by atoms with Crippen molar-refractivity contribution in [3.63, 3.8) is 0 Å². The van der Waals surface area contributed by atoms with Crippen LogP contribution in [-0.4, -0.2) is 16.2 Å². The summed E-state index contributed by atoms with van der Waals surface area (Å²) < 4.78 is 9.03. The average Bonchev–Trinajstić information content (AvgIpc) is 3.76. The van der Waals surface area contributed by atoms with Crippen LogP contribution in [0, 0.1) is 0 Å². The average molecular weight is 775 g/mol. The second kappa shape index (κ2) is 14.2. The number of fused-ring (bicyclic) bond motifs is 4. The monoisotopic (exact) mass is 774 g/mol. The van der Waals surface area contributed by atoms with E-state index in [1.54, 1.807) is 0 Å². The van der Waals surface area contributed by atoms with Crippen LogP contribution in [0.2, 0.25) is 0 Å². The molecule has 0 atom stereocenters. The Morgan fingerprint density at radius 3 is 1.75 bits per heavy atom. The lowest BCUT2D eigenvalue weighted by Crippen LogP contribution is -2.24. The van der Waals surface area contributed by atoms with Crippen molar-refractivity contribution in [3.8, 4) is 28.4 Å². The first-order valence-corrected chi connectivity index (χ1v) is 20.8. The van der Waals surface area contributed by atoms with Crippen molar-refractivity contribution < 1.29 is 4.74 Å². The number of para-hydroxylation sites is 3. The Kier molecular flexibility index (Phi) is 9.19. The first kappa shape index (κ1) is 38.2. The van der Waals surface area contributed by atoms with Crippen LogP contribution < -0.4 is 14.5 Å². The number of nitrogens with zero attached hydrogens (tertiary/aromatic N) is 4. The van der Waals surface area contributed by atoms with E-state index < -0.39 is 0 Å². The fourth-order valence-corrected chi connectivity index (χ4v) is 8.46. The van der Waals surface area contributed by atoms with Crippen LogP contribution in [0.15, 0.2) is 152 Å². The third kappa shape index (κ3) is 7.13. The summed E-state index contributed by atoms with van der Waals surface area (Å²) in [6.07, 6.45) is 2.08. The van der Waals surface area contributed by atoms with Crippen molar-refractivity contribution in [1.29, 1.82) is 0 Å². The molecule has 2 aromatic heterocycles. The number of benzene rings is 6. The smallest absolute Gasteiger partial charge is 0.138 e. The topological polar surface area (TPSA) is 33.5 Å². The number of ether oxygens (including phenoxy) is 1. The molecule has 0 unspecified atom stereocenters. The molecule has 8 aromatic rings. The first-order chi connectivity index (χ1) is 28.1. The van der Waals surface area contributed by atoms with Crippen LogP contribution in [-0.2, 0) is 16.2 Å². The highest BCUT2D eigenvalue weighted by molar-refractivity contribution is 6.09. The van der Waals surface area contributed by atoms with Gasteiger partial charge in [-0.25, -0.2) is 4.98 Å². The van der Waals surface area contributed by atoms with Gasteiger partial charge < -0.3 is 14.5 Å². The van der Waals surface area contributed by atoms with Gasteiger partial charge in [0.1, 0.15) is 24.0 Å². The van der Waals surface area contributed by atoms with Crippen LogP contribution in [0.1, 0.15) is 79.0 Å². The van der Waals surface area contributed by atoms with Gasteiger partial charge in [-0.2, -0.15) is 0 Å². The Labute approximate surface area is 349 Å². The van der Waals surface area contributed by atoms with Gasteiger partial charge >= 0.3 is 0 Å². The number of rotatable bonds is 6. The van der Waals surface area contributed by atoms with Crippen LogP contribution in [0.25, 0.3) is 38.8 Å². The van der Waals surface area contributed by atoms with Gasteiger partial charge in [-0.15, -0.1) is 0 Å². The lowest BCUT2D eigenvalue weighted by atomic mass is 9.81. The molecule has 3 heterocycles. The summed E-state index contributed by atoms with van der Waals surface area (Å²) >= 11 is 0. The van der Waals surface area contributed by atoms with Crippen molar-refractivity contribution in [2.45, 2.75) is 78.6 Å². The predicted octanol–water partition coefficient (Wildman–Crippen LogP) is 14.8. The minimum absolute atomic E-state index is 0.0824. The number of hydrogen-bond acceptors (Lipinski definition) is 4. The minimum atomic E-state index is -0.0902. The predicted molar refractivity (Wildman–Crippen MR) is 249 cm³/mol. The van der Waals surface area contributed by atoms with Crippen molar-refractivity contribution in [1.82, 2.24) is 9.55 Å². The summed E-state index contributed by atoms with van der Waals surface area (Å²) in [6.45, 7) is 21.1. The number of hydrogen-bond donors (Lipinski definition) is 0. The highest BCUT2D eigenvalue weighted by Crippen LogP contribution is 2.45. The molecule has 0 N–H and O–H groups in total. The number of pyridine rings is 1. The molecule has 59 heavy (non-hydrogen) atoms. The minimum Gasteiger partial charge on any atom is -0.457 e. The molecule has 9 rings (SSSR count). The Morgan fingerprint density at radius 1 is 0.492 bits per heavy atom. The maximum Gasteiger partial charge on any atom is 0.138 e. The van der Waals surface area contributed by atoms with E-state index >= 15 is 0 Å². The van der Waals surface area contributed by atoms with Crippen LogP contribution >= 0.6 is 0 Å². The molecule has 0 bridgehead atoms. The standard InChI is InChI=1S/C54H54N4O/c1-52(2,3)37-23-21-36(22-24-37)45-33-51(55-34-46(45)54(7,8)9)58-47-18-11-10-17-43(47)44-30-29-42(32-50(44)58)59-41-16-14-15-40(31-41)57-35-56(48-19-12-13-20-49(48)57)39-27-25-38(26-28-39)53(4,5)6/h10-34H,35H2,1-9H3. The molecular formula is C54H54N4O. The molecule has 0 radical (unpaired) electrons. The van der Waals surface area contributed by atoms with Crippen molar-refractivity contribution >= 4 is 44.6 Å². The van der Waals surface area contributed by atoms with Gasteiger partial charge in [0.05, 0.1) is 22.4 Å². The Morgan fingerprint density at radius 2 is 1.08 bits per heavy atom. The SMILES string of the molecule is CC(C)(C)c1ccc(-c2cc(-n3c4ccccc4c4ccc(Oc5cccc(N6CN(c7ccc(C(C)(C)C)cc7)c7ccccc76)c5)cc43)ncc2C(C)(C)C)cc1. The third-order valence-corrected chi connectivity index (χ3v) is 11.8. The van der Waals surface area contributed by atoms with E-state index in [1.807, 2.05) is 6.07 Å². The fourth-order valence-electron chi connectivity index (χ4n) is 8.46. The van der Waals surface area contributed by atoms with Gasteiger partial charge in [0, 0.05) is 40.5 Å². The molecule has 0 fully saturated rings.